The molecule has 0 fully saturated rings. The van der Waals surface area contributed by atoms with Gasteiger partial charge in [0.2, 0.25) is 0 Å². The first-order valence-electron chi connectivity index (χ1n) is 9.64. The minimum Gasteiger partial charge on any atom is -0.462 e. The van der Waals surface area contributed by atoms with Gasteiger partial charge in [0.25, 0.3) is 11.9 Å². The number of urea groups is 1. The van der Waals surface area contributed by atoms with E-state index >= 15 is 0 Å². The SMILES string of the molecule is CC(C)O/C1=N/CN(C)C(=O)N(CCCO)C(=O)C(C)N1Cc1ccc(F)cc1. The fourth-order valence-corrected chi connectivity index (χ4v) is 2.88. The zero-order chi connectivity index (χ0) is 21.6. The van der Waals surface area contributed by atoms with E-state index in [1.54, 1.807) is 31.0 Å². The smallest absolute Gasteiger partial charge is 0.327 e. The highest BCUT2D eigenvalue weighted by atomic mass is 19.1. The minimum absolute atomic E-state index is 0.0103. The van der Waals surface area contributed by atoms with Gasteiger partial charge in [0, 0.05) is 26.7 Å². The molecule has 3 amide bonds. The lowest BCUT2D eigenvalue weighted by Gasteiger charge is -2.33. The second-order valence-corrected chi connectivity index (χ2v) is 7.23. The van der Waals surface area contributed by atoms with Crippen molar-refractivity contribution in [1.82, 2.24) is 14.7 Å². The number of carbonyl (C=O) groups is 2. The van der Waals surface area contributed by atoms with Crippen LogP contribution < -0.4 is 0 Å². The van der Waals surface area contributed by atoms with Gasteiger partial charge in [-0.15, -0.1) is 0 Å². The molecular weight excluding hydrogens is 379 g/mol. The molecule has 160 valence electrons. The molecule has 2 rings (SSSR count). The van der Waals surface area contributed by atoms with Gasteiger partial charge in [0.15, 0.2) is 0 Å². The number of halogens is 1. The van der Waals surface area contributed by atoms with Crippen LogP contribution in [-0.4, -0.2) is 76.8 Å². The largest absolute Gasteiger partial charge is 0.462 e. The van der Waals surface area contributed by atoms with Crippen LogP contribution in [-0.2, 0) is 16.1 Å². The molecule has 0 saturated heterocycles. The second kappa shape index (κ2) is 10.2. The fourth-order valence-electron chi connectivity index (χ4n) is 2.88. The predicted molar refractivity (Wildman–Crippen MR) is 107 cm³/mol. The molecule has 0 saturated carbocycles. The Morgan fingerprint density at radius 1 is 1.28 bits per heavy atom. The minimum atomic E-state index is -0.758. The van der Waals surface area contributed by atoms with Crippen molar-refractivity contribution < 1.29 is 23.8 Å². The van der Waals surface area contributed by atoms with Gasteiger partial charge >= 0.3 is 6.03 Å². The first-order chi connectivity index (χ1) is 13.7. The molecule has 1 aliphatic heterocycles. The Morgan fingerprint density at radius 2 is 1.93 bits per heavy atom. The molecule has 1 heterocycles. The Bertz CT molecular complexity index is 739. The van der Waals surface area contributed by atoms with E-state index < -0.39 is 18.0 Å². The number of amidine groups is 1. The quantitative estimate of drug-likeness (QED) is 0.779. The molecule has 8 nitrogen and oxygen atoms in total. The van der Waals surface area contributed by atoms with Crippen LogP contribution in [0.4, 0.5) is 9.18 Å². The van der Waals surface area contributed by atoms with Gasteiger partial charge in [-0.2, -0.15) is 0 Å². The summed E-state index contributed by atoms with van der Waals surface area (Å²) in [4.78, 5) is 34.5. The molecule has 1 aromatic carbocycles. The summed E-state index contributed by atoms with van der Waals surface area (Å²) < 4.78 is 19.2. The highest BCUT2D eigenvalue weighted by molar-refractivity contribution is 5.98. The van der Waals surface area contributed by atoms with E-state index in [0.29, 0.717) is 0 Å². The normalized spacial score (nSPS) is 20.3. The zero-order valence-corrected chi connectivity index (χ0v) is 17.3. The number of imide groups is 1. The third kappa shape index (κ3) is 5.90. The van der Waals surface area contributed by atoms with Crippen molar-refractivity contribution in [2.75, 3.05) is 26.9 Å². The zero-order valence-electron chi connectivity index (χ0n) is 17.3. The summed E-state index contributed by atoms with van der Waals surface area (Å²) in [6, 6.07) is 4.97. The number of nitrogens with zero attached hydrogens (tertiary/aromatic N) is 4. The molecule has 1 N–H and O–H groups in total. The van der Waals surface area contributed by atoms with Crippen LogP contribution in [0.5, 0.6) is 0 Å². The van der Waals surface area contributed by atoms with Crippen molar-refractivity contribution in [2.24, 2.45) is 4.99 Å². The van der Waals surface area contributed by atoms with Crippen LogP contribution in [0.3, 0.4) is 0 Å². The molecule has 0 radical (unpaired) electrons. The van der Waals surface area contributed by atoms with E-state index in [-0.39, 0.29) is 50.7 Å². The Hall–Kier alpha value is -2.68. The lowest BCUT2D eigenvalue weighted by molar-refractivity contribution is -0.133. The number of aliphatic hydroxyl groups excluding tert-OH is 1. The van der Waals surface area contributed by atoms with Gasteiger partial charge in [-0.3, -0.25) is 9.69 Å². The fraction of sp³-hybridized carbons (Fsp3) is 0.550. The molecular formula is C20H29FN4O4. The molecule has 1 aromatic rings. The van der Waals surface area contributed by atoms with Crippen LogP contribution >= 0.6 is 0 Å². The van der Waals surface area contributed by atoms with E-state index in [1.807, 2.05) is 13.8 Å². The average molecular weight is 408 g/mol. The summed E-state index contributed by atoms with van der Waals surface area (Å²) in [7, 11) is 1.55. The summed E-state index contributed by atoms with van der Waals surface area (Å²) in [5.74, 6) is -0.767. The maximum atomic E-state index is 13.3. The number of aliphatic hydroxyl groups is 1. The predicted octanol–water partition coefficient (Wildman–Crippen LogP) is 2.03. The molecule has 0 aliphatic carbocycles. The molecule has 0 spiro atoms. The summed E-state index contributed by atoms with van der Waals surface area (Å²) in [5, 5.41) is 9.15. The van der Waals surface area contributed by atoms with Crippen molar-refractivity contribution in [3.63, 3.8) is 0 Å². The van der Waals surface area contributed by atoms with Crippen LogP contribution in [0.15, 0.2) is 29.3 Å². The first kappa shape index (κ1) is 22.6. The number of carbonyl (C=O) groups excluding carboxylic acids is 2. The summed E-state index contributed by atoms with van der Waals surface area (Å²) in [5.41, 5.74) is 0.770. The van der Waals surface area contributed by atoms with Gasteiger partial charge in [-0.25, -0.2) is 14.2 Å². The van der Waals surface area contributed by atoms with Gasteiger partial charge < -0.3 is 19.6 Å². The molecule has 1 atom stereocenters. The lowest BCUT2D eigenvalue weighted by atomic mass is 10.1. The topological polar surface area (TPSA) is 85.7 Å². The standard InChI is InChI=1S/C20H29FN4O4/c1-14(2)29-19-22-13-23(4)20(28)24(10-5-11-26)18(27)15(3)25(19)12-16-6-8-17(21)9-7-16/h6-9,14-15,26H,5,10-13H2,1-4H3/b22-19+. The highest BCUT2D eigenvalue weighted by Gasteiger charge is 2.35. The molecule has 0 aromatic heterocycles. The molecule has 0 bridgehead atoms. The van der Waals surface area contributed by atoms with Crippen molar-refractivity contribution in [2.45, 2.75) is 45.9 Å². The van der Waals surface area contributed by atoms with E-state index in [2.05, 4.69) is 4.99 Å². The number of aliphatic imine (C=N–C) groups is 1. The monoisotopic (exact) mass is 408 g/mol. The molecule has 9 heteroatoms. The number of hydrogen-bond acceptors (Lipinski definition) is 6. The number of benzene rings is 1. The third-order valence-electron chi connectivity index (χ3n) is 4.46. The Morgan fingerprint density at radius 3 is 2.52 bits per heavy atom. The number of ether oxygens (including phenoxy) is 1. The van der Waals surface area contributed by atoms with Crippen molar-refractivity contribution >= 4 is 18.0 Å². The van der Waals surface area contributed by atoms with Crippen molar-refractivity contribution in [1.29, 1.82) is 0 Å². The summed E-state index contributed by atoms with van der Waals surface area (Å²) >= 11 is 0. The Balaban J connectivity index is 2.43. The van der Waals surface area contributed by atoms with Gasteiger partial charge in [0.05, 0.1) is 6.10 Å². The summed E-state index contributed by atoms with van der Waals surface area (Å²) in [6.45, 7) is 5.61. The van der Waals surface area contributed by atoms with E-state index in [0.717, 1.165) is 10.5 Å². The molecule has 1 unspecified atom stereocenters. The number of rotatable bonds is 6. The van der Waals surface area contributed by atoms with Crippen LogP contribution in [0.2, 0.25) is 0 Å². The van der Waals surface area contributed by atoms with Crippen LogP contribution in [0.1, 0.15) is 32.8 Å². The van der Waals surface area contributed by atoms with Crippen molar-refractivity contribution in [3.05, 3.63) is 35.6 Å². The number of amides is 3. The molecule has 29 heavy (non-hydrogen) atoms. The Kier molecular flexibility index (Phi) is 7.95. The number of hydrogen-bond donors (Lipinski definition) is 1. The van der Waals surface area contributed by atoms with Gasteiger partial charge in [-0.05, 0) is 44.9 Å². The third-order valence-corrected chi connectivity index (χ3v) is 4.46. The second-order valence-electron chi connectivity index (χ2n) is 7.23. The maximum Gasteiger partial charge on any atom is 0.327 e. The van der Waals surface area contributed by atoms with E-state index in [1.165, 1.54) is 17.0 Å². The van der Waals surface area contributed by atoms with Gasteiger partial charge in [-0.1, -0.05) is 12.1 Å². The average Bonchev–Trinajstić information content (AvgIpc) is 2.71. The highest BCUT2D eigenvalue weighted by Crippen LogP contribution is 2.17. The van der Waals surface area contributed by atoms with E-state index in [9.17, 15) is 14.0 Å². The lowest BCUT2D eigenvalue weighted by Crippen LogP contribution is -2.53. The van der Waals surface area contributed by atoms with Crippen LogP contribution in [0.25, 0.3) is 0 Å². The maximum absolute atomic E-state index is 13.3. The van der Waals surface area contributed by atoms with Crippen molar-refractivity contribution in [3.8, 4) is 0 Å². The van der Waals surface area contributed by atoms with Crippen LogP contribution in [0, 0.1) is 5.82 Å². The van der Waals surface area contributed by atoms with Gasteiger partial charge in [0.1, 0.15) is 18.5 Å². The summed E-state index contributed by atoms with van der Waals surface area (Å²) in [6.07, 6.45) is 0.0886. The Labute approximate surface area is 170 Å². The van der Waals surface area contributed by atoms with E-state index in [4.69, 9.17) is 9.84 Å². The molecule has 1 aliphatic rings. The first-order valence-corrected chi connectivity index (χ1v) is 9.64.